The van der Waals surface area contributed by atoms with E-state index in [0.29, 0.717) is 6.04 Å². The maximum atomic E-state index is 3.57. The number of nitrogens with one attached hydrogen (secondary N) is 1. The Morgan fingerprint density at radius 2 is 1.82 bits per heavy atom. The number of benzene rings is 1. The molecule has 1 N–H and O–H groups in total. The minimum Gasteiger partial charge on any atom is -0.319 e. The Kier molecular flexibility index (Phi) is 2.87. The number of rotatable bonds is 2. The first-order valence-corrected chi connectivity index (χ1v) is 6.41. The molecule has 1 aliphatic rings. The van der Waals surface area contributed by atoms with Crippen molar-refractivity contribution >= 4 is 0 Å². The average Bonchev–Trinajstić information content (AvgIpc) is 2.78. The number of aryl methyl sites for hydroxylation is 1. The van der Waals surface area contributed by atoms with E-state index in [4.69, 9.17) is 0 Å². The standard InChI is InChI=1S/C15H18N2/c1-3-9-14-13(7-1)8-2-4-10-15(14)16-17-11-5-6-12-17/h1,3,5-7,9,11-12,15-16H,2,4,8,10H2. The molecule has 2 aromatic rings. The van der Waals surface area contributed by atoms with Crippen LogP contribution in [0.25, 0.3) is 0 Å². The van der Waals surface area contributed by atoms with E-state index in [1.54, 1.807) is 0 Å². The van der Waals surface area contributed by atoms with Crippen LogP contribution in [0.3, 0.4) is 0 Å². The molecule has 0 saturated carbocycles. The Morgan fingerprint density at radius 1 is 1.00 bits per heavy atom. The number of fused-ring (bicyclic) bond motifs is 1. The van der Waals surface area contributed by atoms with Crippen LogP contribution in [-0.4, -0.2) is 4.68 Å². The fourth-order valence-electron chi connectivity index (χ4n) is 2.66. The first-order valence-electron chi connectivity index (χ1n) is 6.41. The zero-order valence-electron chi connectivity index (χ0n) is 9.97. The summed E-state index contributed by atoms with van der Waals surface area (Å²) in [4.78, 5) is 0. The van der Waals surface area contributed by atoms with E-state index < -0.39 is 0 Å². The Labute approximate surface area is 102 Å². The molecule has 17 heavy (non-hydrogen) atoms. The third-order valence-corrected chi connectivity index (χ3v) is 3.53. The largest absolute Gasteiger partial charge is 0.319 e. The molecule has 0 bridgehead atoms. The van der Waals surface area contributed by atoms with Gasteiger partial charge in [-0.2, -0.15) is 0 Å². The van der Waals surface area contributed by atoms with Gasteiger partial charge in [0.1, 0.15) is 0 Å². The molecular formula is C15H18N2. The summed E-state index contributed by atoms with van der Waals surface area (Å²) in [5.41, 5.74) is 6.55. The highest BCUT2D eigenvalue weighted by Gasteiger charge is 2.17. The fourth-order valence-corrected chi connectivity index (χ4v) is 2.66. The van der Waals surface area contributed by atoms with Gasteiger partial charge in [-0.1, -0.05) is 30.7 Å². The van der Waals surface area contributed by atoms with Crippen molar-refractivity contribution in [3.63, 3.8) is 0 Å². The second-order valence-corrected chi connectivity index (χ2v) is 4.72. The van der Waals surface area contributed by atoms with E-state index in [-0.39, 0.29) is 0 Å². The predicted octanol–water partition coefficient (Wildman–Crippen LogP) is 3.50. The van der Waals surface area contributed by atoms with Crippen LogP contribution in [0.4, 0.5) is 0 Å². The molecule has 0 spiro atoms. The number of hydrogen-bond donors (Lipinski definition) is 1. The van der Waals surface area contributed by atoms with Gasteiger partial charge >= 0.3 is 0 Å². The second kappa shape index (κ2) is 4.66. The van der Waals surface area contributed by atoms with E-state index in [9.17, 15) is 0 Å². The molecule has 2 heteroatoms. The van der Waals surface area contributed by atoms with Gasteiger partial charge in [0.15, 0.2) is 0 Å². The predicted molar refractivity (Wildman–Crippen MR) is 70.5 cm³/mol. The Bertz CT molecular complexity index is 473. The average molecular weight is 226 g/mol. The highest BCUT2D eigenvalue weighted by Crippen LogP contribution is 2.29. The van der Waals surface area contributed by atoms with E-state index in [1.807, 2.05) is 0 Å². The lowest BCUT2D eigenvalue weighted by atomic mass is 10.00. The first-order chi connectivity index (χ1) is 8.43. The molecular weight excluding hydrogens is 208 g/mol. The number of hydrogen-bond acceptors (Lipinski definition) is 1. The minimum absolute atomic E-state index is 0.445. The minimum atomic E-state index is 0.445. The zero-order valence-corrected chi connectivity index (χ0v) is 9.97. The molecule has 0 radical (unpaired) electrons. The third kappa shape index (κ3) is 2.21. The maximum absolute atomic E-state index is 3.57. The van der Waals surface area contributed by atoms with Crippen LogP contribution < -0.4 is 5.43 Å². The van der Waals surface area contributed by atoms with Crippen molar-refractivity contribution in [2.24, 2.45) is 0 Å². The molecule has 1 heterocycles. The van der Waals surface area contributed by atoms with Gasteiger partial charge in [-0.25, -0.2) is 0 Å². The summed E-state index contributed by atoms with van der Waals surface area (Å²) in [5, 5.41) is 0. The molecule has 3 rings (SSSR count). The van der Waals surface area contributed by atoms with E-state index in [0.717, 1.165) is 0 Å². The fraction of sp³-hybridized carbons (Fsp3) is 0.333. The summed E-state index contributed by atoms with van der Waals surface area (Å²) in [6.07, 6.45) is 9.17. The topological polar surface area (TPSA) is 17.0 Å². The van der Waals surface area contributed by atoms with Crippen molar-refractivity contribution in [2.75, 3.05) is 5.43 Å². The smallest absolute Gasteiger partial charge is 0.0676 e. The first kappa shape index (κ1) is 10.5. The van der Waals surface area contributed by atoms with E-state index >= 15 is 0 Å². The van der Waals surface area contributed by atoms with Crippen molar-refractivity contribution in [2.45, 2.75) is 31.7 Å². The summed E-state index contributed by atoms with van der Waals surface area (Å²) >= 11 is 0. The van der Waals surface area contributed by atoms with Crippen LogP contribution in [0.1, 0.15) is 36.4 Å². The van der Waals surface area contributed by atoms with Gasteiger partial charge in [-0.15, -0.1) is 0 Å². The van der Waals surface area contributed by atoms with Crippen molar-refractivity contribution in [3.05, 3.63) is 59.9 Å². The normalized spacial score (nSPS) is 19.4. The van der Waals surface area contributed by atoms with E-state index in [1.165, 1.54) is 36.8 Å². The van der Waals surface area contributed by atoms with Gasteiger partial charge in [-0.3, -0.25) is 4.68 Å². The summed E-state index contributed by atoms with van der Waals surface area (Å²) in [5.74, 6) is 0. The molecule has 0 fully saturated rings. The molecule has 0 saturated heterocycles. The third-order valence-electron chi connectivity index (χ3n) is 3.53. The van der Waals surface area contributed by atoms with Crippen molar-refractivity contribution < 1.29 is 0 Å². The number of nitrogens with zero attached hydrogens (tertiary/aromatic N) is 1. The summed E-state index contributed by atoms with van der Waals surface area (Å²) < 4.78 is 2.06. The molecule has 0 aliphatic heterocycles. The van der Waals surface area contributed by atoms with Crippen molar-refractivity contribution in [3.8, 4) is 0 Å². The van der Waals surface area contributed by atoms with Crippen LogP contribution in [-0.2, 0) is 6.42 Å². The molecule has 1 atom stereocenters. The Morgan fingerprint density at radius 3 is 2.71 bits per heavy atom. The number of aromatic nitrogens is 1. The van der Waals surface area contributed by atoms with Gasteiger partial charge in [0.2, 0.25) is 0 Å². The molecule has 88 valence electrons. The van der Waals surface area contributed by atoms with Gasteiger partial charge in [0.05, 0.1) is 6.04 Å². The van der Waals surface area contributed by atoms with E-state index in [2.05, 4.69) is 58.9 Å². The van der Waals surface area contributed by atoms with Crippen LogP contribution in [0.5, 0.6) is 0 Å². The van der Waals surface area contributed by atoms with Crippen LogP contribution >= 0.6 is 0 Å². The van der Waals surface area contributed by atoms with Gasteiger partial charge in [-0.05, 0) is 42.5 Å². The molecule has 1 aromatic carbocycles. The molecule has 0 amide bonds. The van der Waals surface area contributed by atoms with Crippen molar-refractivity contribution in [1.29, 1.82) is 0 Å². The Hall–Kier alpha value is -1.70. The lowest BCUT2D eigenvalue weighted by Crippen LogP contribution is -2.19. The molecule has 1 aliphatic carbocycles. The second-order valence-electron chi connectivity index (χ2n) is 4.72. The molecule has 2 nitrogen and oxygen atoms in total. The highest BCUT2D eigenvalue weighted by molar-refractivity contribution is 5.32. The van der Waals surface area contributed by atoms with Crippen LogP contribution in [0, 0.1) is 0 Å². The van der Waals surface area contributed by atoms with Crippen molar-refractivity contribution in [1.82, 2.24) is 4.68 Å². The van der Waals surface area contributed by atoms with Gasteiger partial charge in [0.25, 0.3) is 0 Å². The monoisotopic (exact) mass is 226 g/mol. The molecule has 1 aromatic heterocycles. The SMILES string of the molecule is c1ccc2c(c1)CCCCC2Nn1cccc1. The maximum Gasteiger partial charge on any atom is 0.0676 e. The summed E-state index contributed by atoms with van der Waals surface area (Å²) in [7, 11) is 0. The van der Waals surface area contributed by atoms with Gasteiger partial charge in [0, 0.05) is 12.4 Å². The lowest BCUT2D eigenvalue weighted by molar-refractivity contribution is 0.595. The molecule has 1 unspecified atom stereocenters. The Balaban J connectivity index is 1.89. The zero-order chi connectivity index (χ0) is 11.5. The quantitative estimate of drug-likeness (QED) is 0.775. The summed E-state index contributed by atoms with van der Waals surface area (Å²) in [6.45, 7) is 0. The summed E-state index contributed by atoms with van der Waals surface area (Å²) in [6, 6.07) is 13.4. The van der Waals surface area contributed by atoms with Crippen LogP contribution in [0.2, 0.25) is 0 Å². The highest BCUT2D eigenvalue weighted by atomic mass is 15.4. The lowest BCUT2D eigenvalue weighted by Gasteiger charge is -2.21. The van der Waals surface area contributed by atoms with Crippen LogP contribution in [0.15, 0.2) is 48.8 Å². The van der Waals surface area contributed by atoms with Gasteiger partial charge < -0.3 is 5.43 Å².